The van der Waals surface area contributed by atoms with E-state index in [4.69, 9.17) is 4.42 Å². The second-order valence-electron chi connectivity index (χ2n) is 5.33. The van der Waals surface area contributed by atoms with Crippen LogP contribution in [0, 0.1) is 5.92 Å². The van der Waals surface area contributed by atoms with Gasteiger partial charge in [0.25, 0.3) is 0 Å². The number of thiazole rings is 1. The summed E-state index contributed by atoms with van der Waals surface area (Å²) < 4.78 is 6.49. The highest BCUT2D eigenvalue weighted by atomic mass is 32.1. The zero-order valence-corrected chi connectivity index (χ0v) is 12.3. The Bertz CT molecular complexity index is 761. The normalized spacial score (nSPS) is 20.6. The molecular weight excluding hydrogens is 284 g/mol. The molecule has 0 saturated heterocycles. The van der Waals surface area contributed by atoms with Crippen LogP contribution in [0.5, 0.6) is 0 Å². The van der Waals surface area contributed by atoms with Crippen LogP contribution in [0.15, 0.2) is 47.1 Å². The highest BCUT2D eigenvalue weighted by molar-refractivity contribution is 7.22. The third-order valence-electron chi connectivity index (χ3n) is 3.92. The number of rotatable bonds is 3. The van der Waals surface area contributed by atoms with Gasteiger partial charge in [-0.15, -0.1) is 0 Å². The predicted molar refractivity (Wildman–Crippen MR) is 82.6 cm³/mol. The van der Waals surface area contributed by atoms with Crippen LogP contribution in [0.3, 0.4) is 0 Å². The van der Waals surface area contributed by atoms with Gasteiger partial charge in [-0.05, 0) is 30.7 Å². The van der Waals surface area contributed by atoms with Crippen LogP contribution in [0.25, 0.3) is 10.2 Å². The van der Waals surface area contributed by atoms with E-state index >= 15 is 0 Å². The van der Waals surface area contributed by atoms with Crippen LogP contribution < -0.4 is 4.90 Å². The van der Waals surface area contributed by atoms with Crippen molar-refractivity contribution < 1.29 is 9.21 Å². The lowest BCUT2D eigenvalue weighted by Gasteiger charge is -2.13. The first-order valence-corrected chi connectivity index (χ1v) is 7.72. The van der Waals surface area contributed by atoms with Crippen molar-refractivity contribution in [2.45, 2.75) is 12.3 Å². The van der Waals surface area contributed by atoms with E-state index in [1.54, 1.807) is 29.5 Å². The Hall–Kier alpha value is -2.14. The highest BCUT2D eigenvalue weighted by Crippen LogP contribution is 2.49. The van der Waals surface area contributed by atoms with E-state index < -0.39 is 0 Å². The molecule has 21 heavy (non-hydrogen) atoms. The van der Waals surface area contributed by atoms with E-state index in [-0.39, 0.29) is 17.7 Å². The maximum atomic E-state index is 12.5. The molecule has 1 aliphatic carbocycles. The van der Waals surface area contributed by atoms with Gasteiger partial charge in [-0.25, -0.2) is 4.98 Å². The van der Waals surface area contributed by atoms with Crippen LogP contribution in [-0.4, -0.2) is 17.9 Å². The van der Waals surface area contributed by atoms with E-state index in [9.17, 15) is 4.79 Å². The first-order valence-electron chi connectivity index (χ1n) is 6.90. The van der Waals surface area contributed by atoms with Gasteiger partial charge in [0.15, 0.2) is 5.13 Å². The molecule has 4 nitrogen and oxygen atoms in total. The molecule has 4 rings (SSSR count). The lowest BCUT2D eigenvalue weighted by atomic mass is 10.2. The zero-order chi connectivity index (χ0) is 14.4. The molecule has 0 aliphatic heterocycles. The molecule has 1 amide bonds. The highest BCUT2D eigenvalue weighted by Gasteiger charge is 2.47. The smallest absolute Gasteiger partial charge is 0.232 e. The van der Waals surface area contributed by atoms with E-state index in [0.717, 1.165) is 27.5 Å². The molecule has 0 N–H and O–H groups in total. The molecule has 1 saturated carbocycles. The minimum atomic E-state index is 0.0214. The monoisotopic (exact) mass is 298 g/mol. The largest absolute Gasteiger partial charge is 0.469 e. The number of anilines is 1. The van der Waals surface area contributed by atoms with Gasteiger partial charge in [-0.2, -0.15) is 0 Å². The van der Waals surface area contributed by atoms with Crippen molar-refractivity contribution >= 4 is 32.6 Å². The van der Waals surface area contributed by atoms with Crippen molar-refractivity contribution in [3.8, 4) is 0 Å². The Balaban J connectivity index is 1.55. The first-order chi connectivity index (χ1) is 10.2. The van der Waals surface area contributed by atoms with Crippen LogP contribution in [0.4, 0.5) is 5.13 Å². The number of aromatic nitrogens is 1. The Morgan fingerprint density at radius 1 is 1.33 bits per heavy atom. The number of benzene rings is 1. The number of carbonyl (C=O) groups is 1. The second-order valence-corrected chi connectivity index (χ2v) is 6.33. The molecule has 3 aromatic rings. The molecule has 2 atom stereocenters. The topological polar surface area (TPSA) is 46.3 Å². The number of amides is 1. The number of furan rings is 1. The Labute approximate surface area is 126 Å². The average Bonchev–Trinajstić information content (AvgIpc) is 2.95. The molecular formula is C16H14N2O2S. The van der Waals surface area contributed by atoms with Gasteiger partial charge in [-0.1, -0.05) is 23.5 Å². The van der Waals surface area contributed by atoms with Crippen LogP contribution in [0.2, 0.25) is 0 Å². The van der Waals surface area contributed by atoms with Crippen molar-refractivity contribution in [1.29, 1.82) is 0 Å². The van der Waals surface area contributed by atoms with Crippen LogP contribution in [-0.2, 0) is 4.79 Å². The standard InChI is InChI=1S/C16H14N2O2S/c1-18(16-17-12-5-2-3-7-14(12)21-16)15(19)11-9-10(11)13-6-4-8-20-13/h2-8,10-11H,9H2,1H3. The second kappa shape index (κ2) is 4.70. The fraction of sp³-hybridized carbons (Fsp3) is 0.250. The molecule has 1 aromatic carbocycles. The molecule has 2 unspecified atom stereocenters. The quantitative estimate of drug-likeness (QED) is 0.741. The third-order valence-corrected chi connectivity index (χ3v) is 5.03. The summed E-state index contributed by atoms with van der Waals surface area (Å²) in [7, 11) is 1.80. The fourth-order valence-corrected chi connectivity index (χ4v) is 3.56. The Kier molecular flexibility index (Phi) is 2.82. The van der Waals surface area contributed by atoms with E-state index in [1.807, 2.05) is 36.4 Å². The first kappa shape index (κ1) is 12.6. The summed E-state index contributed by atoms with van der Waals surface area (Å²) in [6.45, 7) is 0. The summed E-state index contributed by atoms with van der Waals surface area (Å²) in [6.07, 6.45) is 2.52. The Morgan fingerprint density at radius 3 is 2.95 bits per heavy atom. The number of para-hydroxylation sites is 1. The lowest BCUT2D eigenvalue weighted by Crippen LogP contribution is -2.28. The van der Waals surface area contributed by atoms with Crippen molar-refractivity contribution in [1.82, 2.24) is 4.98 Å². The zero-order valence-electron chi connectivity index (χ0n) is 11.5. The molecule has 2 heterocycles. The molecule has 5 heteroatoms. The number of fused-ring (bicyclic) bond motifs is 1. The number of carbonyl (C=O) groups excluding carboxylic acids is 1. The Morgan fingerprint density at radius 2 is 2.19 bits per heavy atom. The van der Waals surface area contributed by atoms with E-state index in [1.165, 1.54) is 0 Å². The van der Waals surface area contributed by atoms with Crippen molar-refractivity contribution in [3.63, 3.8) is 0 Å². The lowest BCUT2D eigenvalue weighted by molar-refractivity contribution is -0.119. The summed E-state index contributed by atoms with van der Waals surface area (Å²) in [5.74, 6) is 1.28. The van der Waals surface area contributed by atoms with Gasteiger partial charge < -0.3 is 4.42 Å². The molecule has 106 valence electrons. The molecule has 1 aliphatic rings. The van der Waals surface area contributed by atoms with E-state index in [2.05, 4.69) is 4.98 Å². The predicted octanol–water partition coefficient (Wildman–Crippen LogP) is 3.66. The van der Waals surface area contributed by atoms with Gasteiger partial charge in [0.1, 0.15) is 5.76 Å². The summed E-state index contributed by atoms with van der Waals surface area (Å²) in [5.41, 5.74) is 0.940. The van der Waals surface area contributed by atoms with Crippen molar-refractivity contribution in [2.24, 2.45) is 5.92 Å². The van der Waals surface area contributed by atoms with Gasteiger partial charge in [0.2, 0.25) is 5.91 Å². The summed E-state index contributed by atoms with van der Waals surface area (Å²) in [5, 5.41) is 0.756. The SMILES string of the molecule is CN(C(=O)C1CC1c1ccco1)c1nc2ccccc2s1. The van der Waals surface area contributed by atoms with E-state index in [0.29, 0.717) is 0 Å². The third kappa shape index (κ3) is 2.14. The molecule has 0 radical (unpaired) electrons. The molecule has 0 bridgehead atoms. The average molecular weight is 298 g/mol. The minimum absolute atomic E-state index is 0.0214. The van der Waals surface area contributed by atoms with Crippen molar-refractivity contribution in [2.75, 3.05) is 11.9 Å². The van der Waals surface area contributed by atoms with Gasteiger partial charge in [0, 0.05) is 18.9 Å². The van der Waals surface area contributed by atoms with Crippen LogP contribution in [0.1, 0.15) is 18.1 Å². The van der Waals surface area contributed by atoms with Gasteiger partial charge >= 0.3 is 0 Å². The van der Waals surface area contributed by atoms with Crippen molar-refractivity contribution in [3.05, 3.63) is 48.4 Å². The molecule has 0 spiro atoms. The maximum absolute atomic E-state index is 12.5. The van der Waals surface area contributed by atoms with Crippen LogP contribution >= 0.6 is 11.3 Å². The minimum Gasteiger partial charge on any atom is -0.469 e. The molecule has 1 fully saturated rings. The fourth-order valence-electron chi connectivity index (χ4n) is 2.63. The van der Waals surface area contributed by atoms with Gasteiger partial charge in [0.05, 0.1) is 16.5 Å². The van der Waals surface area contributed by atoms with Gasteiger partial charge in [-0.3, -0.25) is 9.69 Å². The number of hydrogen-bond donors (Lipinski definition) is 0. The molecule has 2 aromatic heterocycles. The maximum Gasteiger partial charge on any atom is 0.232 e. The summed E-state index contributed by atoms with van der Waals surface area (Å²) >= 11 is 1.55. The number of nitrogens with zero attached hydrogens (tertiary/aromatic N) is 2. The summed E-state index contributed by atoms with van der Waals surface area (Å²) in [6, 6.07) is 11.7. The summed E-state index contributed by atoms with van der Waals surface area (Å²) in [4.78, 5) is 18.7. The number of hydrogen-bond acceptors (Lipinski definition) is 4.